The van der Waals surface area contributed by atoms with Gasteiger partial charge in [0.15, 0.2) is 0 Å². The fourth-order valence-corrected chi connectivity index (χ4v) is 2.34. The zero-order chi connectivity index (χ0) is 14.8. The normalized spacial score (nSPS) is 12.5. The summed E-state index contributed by atoms with van der Waals surface area (Å²) in [7, 11) is 1.61. The molecule has 3 aromatic rings. The monoisotopic (exact) mass is 286 g/mol. The van der Waals surface area contributed by atoms with Gasteiger partial charge in [-0.1, -0.05) is 12.1 Å². The lowest BCUT2D eigenvalue weighted by molar-refractivity contribution is 0.412. The molecule has 5 heteroatoms. The van der Waals surface area contributed by atoms with Gasteiger partial charge in [0, 0.05) is 5.39 Å². The zero-order valence-corrected chi connectivity index (χ0v) is 11.5. The standard InChI is InChI=1S/C16H15FN2O2/c1-20-13-4-2-3-10(8-13)16(19-18)15-9-11-7-12(17)5-6-14(11)21-15/h2-9,16,19H,18H2,1H3. The predicted molar refractivity (Wildman–Crippen MR) is 78.3 cm³/mol. The van der Waals surface area contributed by atoms with E-state index in [0.717, 1.165) is 11.3 Å². The molecule has 4 nitrogen and oxygen atoms in total. The summed E-state index contributed by atoms with van der Waals surface area (Å²) in [6.45, 7) is 0. The maximum atomic E-state index is 13.3. The summed E-state index contributed by atoms with van der Waals surface area (Å²) in [5.41, 5.74) is 4.24. The fourth-order valence-electron chi connectivity index (χ4n) is 2.34. The average molecular weight is 286 g/mol. The number of furan rings is 1. The molecule has 0 saturated carbocycles. The van der Waals surface area contributed by atoms with Crippen molar-refractivity contribution in [1.29, 1.82) is 0 Å². The molecule has 0 bridgehead atoms. The fraction of sp³-hybridized carbons (Fsp3) is 0.125. The van der Waals surface area contributed by atoms with E-state index >= 15 is 0 Å². The Morgan fingerprint density at radius 2 is 2.05 bits per heavy atom. The quantitative estimate of drug-likeness (QED) is 0.571. The van der Waals surface area contributed by atoms with Crippen molar-refractivity contribution < 1.29 is 13.5 Å². The van der Waals surface area contributed by atoms with Crippen LogP contribution in [0.1, 0.15) is 17.4 Å². The maximum Gasteiger partial charge on any atom is 0.134 e. The second-order valence-electron chi connectivity index (χ2n) is 4.71. The van der Waals surface area contributed by atoms with Crippen LogP contribution in [0.15, 0.2) is 52.9 Å². The number of rotatable bonds is 4. The molecule has 0 spiro atoms. The van der Waals surface area contributed by atoms with Gasteiger partial charge in [0.05, 0.1) is 7.11 Å². The van der Waals surface area contributed by atoms with Crippen LogP contribution in [-0.4, -0.2) is 7.11 Å². The largest absolute Gasteiger partial charge is 0.497 e. The minimum atomic E-state index is -0.337. The zero-order valence-electron chi connectivity index (χ0n) is 11.5. The number of hydrazine groups is 1. The van der Waals surface area contributed by atoms with E-state index in [1.165, 1.54) is 12.1 Å². The minimum absolute atomic E-state index is 0.298. The Morgan fingerprint density at radius 3 is 2.81 bits per heavy atom. The first-order chi connectivity index (χ1) is 10.2. The second kappa shape index (κ2) is 5.55. The second-order valence-corrected chi connectivity index (χ2v) is 4.71. The van der Waals surface area contributed by atoms with E-state index in [9.17, 15) is 4.39 Å². The van der Waals surface area contributed by atoms with E-state index in [2.05, 4.69) is 5.43 Å². The maximum absolute atomic E-state index is 13.3. The third kappa shape index (κ3) is 2.61. The van der Waals surface area contributed by atoms with Crippen molar-refractivity contribution in [3.63, 3.8) is 0 Å². The Bertz CT molecular complexity index is 770. The number of ether oxygens (including phenoxy) is 1. The number of benzene rings is 2. The number of nitrogens with two attached hydrogens (primary N) is 1. The Hall–Kier alpha value is -2.37. The number of halogens is 1. The van der Waals surface area contributed by atoms with Crippen LogP contribution in [0.3, 0.4) is 0 Å². The molecule has 3 rings (SSSR count). The molecule has 1 atom stereocenters. The summed E-state index contributed by atoms with van der Waals surface area (Å²) >= 11 is 0. The molecule has 0 aliphatic heterocycles. The molecular formula is C16H15FN2O2. The van der Waals surface area contributed by atoms with Crippen LogP contribution in [0, 0.1) is 5.82 Å². The van der Waals surface area contributed by atoms with Gasteiger partial charge >= 0.3 is 0 Å². The van der Waals surface area contributed by atoms with Crippen molar-refractivity contribution >= 4 is 11.0 Å². The molecule has 0 fully saturated rings. The minimum Gasteiger partial charge on any atom is -0.497 e. The van der Waals surface area contributed by atoms with Crippen LogP contribution in [0.25, 0.3) is 11.0 Å². The van der Waals surface area contributed by atoms with Crippen LogP contribution >= 0.6 is 0 Å². The summed E-state index contributed by atoms with van der Waals surface area (Å²) in [6.07, 6.45) is 0. The average Bonchev–Trinajstić information content (AvgIpc) is 2.91. The van der Waals surface area contributed by atoms with Crippen molar-refractivity contribution in [2.45, 2.75) is 6.04 Å². The highest BCUT2D eigenvalue weighted by Crippen LogP contribution is 2.29. The number of methoxy groups -OCH3 is 1. The topological polar surface area (TPSA) is 60.4 Å². The summed E-state index contributed by atoms with van der Waals surface area (Å²) in [6, 6.07) is 13.4. The van der Waals surface area contributed by atoms with Gasteiger partial charge in [-0.15, -0.1) is 0 Å². The van der Waals surface area contributed by atoms with Gasteiger partial charge in [0.25, 0.3) is 0 Å². The Kier molecular flexibility index (Phi) is 3.60. The van der Waals surface area contributed by atoms with Crippen molar-refractivity contribution in [3.8, 4) is 5.75 Å². The number of hydrogen-bond acceptors (Lipinski definition) is 4. The number of nitrogens with one attached hydrogen (secondary N) is 1. The van der Waals surface area contributed by atoms with E-state index in [1.807, 2.05) is 24.3 Å². The SMILES string of the molecule is COc1cccc(C(NN)c2cc3cc(F)ccc3o2)c1. The highest BCUT2D eigenvalue weighted by Gasteiger charge is 2.18. The van der Waals surface area contributed by atoms with Gasteiger partial charge in [0.2, 0.25) is 0 Å². The van der Waals surface area contributed by atoms with Crippen LogP contribution in [0.4, 0.5) is 4.39 Å². The lowest BCUT2D eigenvalue weighted by Gasteiger charge is -2.14. The Labute approximate surface area is 121 Å². The highest BCUT2D eigenvalue weighted by molar-refractivity contribution is 5.78. The van der Waals surface area contributed by atoms with Gasteiger partial charge in [-0.3, -0.25) is 5.84 Å². The molecule has 1 unspecified atom stereocenters. The van der Waals surface area contributed by atoms with Crippen LogP contribution in [0.2, 0.25) is 0 Å². The molecule has 21 heavy (non-hydrogen) atoms. The van der Waals surface area contributed by atoms with Gasteiger partial charge in [-0.2, -0.15) is 0 Å². The highest BCUT2D eigenvalue weighted by atomic mass is 19.1. The van der Waals surface area contributed by atoms with Gasteiger partial charge < -0.3 is 9.15 Å². The Balaban J connectivity index is 2.04. The van der Waals surface area contributed by atoms with E-state index in [1.54, 1.807) is 19.2 Å². The molecule has 0 aliphatic rings. The third-order valence-electron chi connectivity index (χ3n) is 3.38. The first-order valence-corrected chi connectivity index (χ1v) is 6.50. The predicted octanol–water partition coefficient (Wildman–Crippen LogP) is 3.13. The first kappa shape index (κ1) is 13.6. The Morgan fingerprint density at radius 1 is 1.19 bits per heavy atom. The van der Waals surface area contributed by atoms with Gasteiger partial charge in [0.1, 0.15) is 29.0 Å². The smallest absolute Gasteiger partial charge is 0.134 e. The van der Waals surface area contributed by atoms with E-state index in [-0.39, 0.29) is 11.9 Å². The molecule has 1 aromatic heterocycles. The summed E-state index contributed by atoms with van der Waals surface area (Å²) in [5.74, 6) is 6.71. The summed E-state index contributed by atoms with van der Waals surface area (Å²) in [5, 5.41) is 0.702. The van der Waals surface area contributed by atoms with Crippen LogP contribution in [0.5, 0.6) is 5.75 Å². The van der Waals surface area contributed by atoms with Crippen molar-refractivity contribution in [2.75, 3.05) is 7.11 Å². The first-order valence-electron chi connectivity index (χ1n) is 6.50. The summed E-state index contributed by atoms with van der Waals surface area (Å²) < 4.78 is 24.2. The molecule has 0 aliphatic carbocycles. The van der Waals surface area contributed by atoms with Crippen LogP contribution in [-0.2, 0) is 0 Å². The van der Waals surface area contributed by atoms with E-state index < -0.39 is 0 Å². The third-order valence-corrected chi connectivity index (χ3v) is 3.38. The molecule has 0 amide bonds. The molecule has 108 valence electrons. The van der Waals surface area contributed by atoms with Crippen molar-refractivity contribution in [2.24, 2.45) is 5.84 Å². The van der Waals surface area contributed by atoms with E-state index in [4.69, 9.17) is 15.0 Å². The molecule has 0 saturated heterocycles. The number of hydrogen-bond donors (Lipinski definition) is 2. The van der Waals surface area contributed by atoms with Crippen LogP contribution < -0.4 is 16.0 Å². The molecule has 3 N–H and O–H groups in total. The van der Waals surface area contributed by atoms with E-state index in [0.29, 0.717) is 16.7 Å². The lowest BCUT2D eigenvalue weighted by atomic mass is 10.0. The number of fused-ring (bicyclic) bond motifs is 1. The summed E-state index contributed by atoms with van der Waals surface area (Å²) in [4.78, 5) is 0. The molecule has 0 radical (unpaired) electrons. The molecule has 2 aromatic carbocycles. The van der Waals surface area contributed by atoms with Crippen molar-refractivity contribution in [3.05, 3.63) is 65.7 Å². The molecule has 1 heterocycles. The van der Waals surface area contributed by atoms with Crippen molar-refractivity contribution in [1.82, 2.24) is 5.43 Å². The lowest BCUT2D eigenvalue weighted by Crippen LogP contribution is -2.28. The molecular weight excluding hydrogens is 271 g/mol. The van der Waals surface area contributed by atoms with Gasteiger partial charge in [-0.05, 0) is 42.0 Å². The van der Waals surface area contributed by atoms with Gasteiger partial charge in [-0.25, -0.2) is 9.82 Å².